The molecule has 2 bridgehead atoms. The first-order valence-electron chi connectivity index (χ1n) is 10.4. The van der Waals surface area contributed by atoms with Crippen LogP contribution in [-0.4, -0.2) is 47.1 Å². The van der Waals surface area contributed by atoms with Crippen LogP contribution in [0, 0.1) is 11.8 Å². The normalized spacial score (nSPS) is 32.3. The first-order chi connectivity index (χ1) is 13.2. The number of nitrogens with one attached hydrogen (secondary N) is 1. The summed E-state index contributed by atoms with van der Waals surface area (Å²) in [6.07, 6.45) is 13.1. The van der Waals surface area contributed by atoms with Gasteiger partial charge < -0.3 is 10.1 Å². The Morgan fingerprint density at radius 3 is 3.11 bits per heavy atom. The number of fused-ring (bicyclic) bond motifs is 1. The molecule has 1 amide bonds. The van der Waals surface area contributed by atoms with E-state index < -0.39 is 0 Å². The second kappa shape index (κ2) is 8.11. The summed E-state index contributed by atoms with van der Waals surface area (Å²) in [6.45, 7) is 5.83. The van der Waals surface area contributed by atoms with Gasteiger partial charge in [0.25, 0.3) is 0 Å². The molecule has 5 nitrogen and oxygen atoms in total. The van der Waals surface area contributed by atoms with Crippen molar-refractivity contribution in [1.82, 2.24) is 15.2 Å². The summed E-state index contributed by atoms with van der Waals surface area (Å²) >= 11 is 0. The van der Waals surface area contributed by atoms with Crippen molar-refractivity contribution in [2.75, 3.05) is 19.6 Å². The topological polar surface area (TPSA) is 54.5 Å². The summed E-state index contributed by atoms with van der Waals surface area (Å²) in [7, 11) is 0. The number of ether oxygens (including phenoxy) is 1. The Morgan fingerprint density at radius 2 is 2.30 bits per heavy atom. The van der Waals surface area contributed by atoms with Crippen molar-refractivity contribution in [1.29, 1.82) is 0 Å². The van der Waals surface area contributed by atoms with Crippen molar-refractivity contribution in [2.45, 2.75) is 57.3 Å². The van der Waals surface area contributed by atoms with Crippen LogP contribution in [0.15, 0.2) is 36.7 Å². The summed E-state index contributed by atoms with van der Waals surface area (Å²) in [5.74, 6) is 1.19. The lowest BCUT2D eigenvalue weighted by Crippen LogP contribution is -2.41. The number of hydrogen-bond acceptors (Lipinski definition) is 4. The van der Waals surface area contributed by atoms with Gasteiger partial charge in [0.1, 0.15) is 0 Å². The summed E-state index contributed by atoms with van der Waals surface area (Å²) in [6, 6.07) is 4.19. The number of pyridine rings is 1. The number of rotatable bonds is 8. The van der Waals surface area contributed by atoms with Crippen molar-refractivity contribution in [2.24, 2.45) is 11.8 Å². The maximum Gasteiger partial charge on any atom is 0.220 e. The summed E-state index contributed by atoms with van der Waals surface area (Å²) in [5, 5.41) is 3.19. The molecule has 4 atom stereocenters. The SMILES string of the molecule is CC=CCCCC(=O)NC[C@H]1[C@H]2CN(Cc3ccncc3)C[C@]23CC[C@H]1O3. The number of carbonyl (C=O) groups excluding carboxylic acids is 1. The van der Waals surface area contributed by atoms with Crippen LogP contribution in [0.2, 0.25) is 0 Å². The molecule has 1 spiro atoms. The number of allylic oxidation sites excluding steroid dienone is 2. The first-order valence-corrected chi connectivity index (χ1v) is 10.4. The minimum atomic E-state index is 0.0268. The molecule has 0 aliphatic carbocycles. The second-order valence-corrected chi connectivity index (χ2v) is 8.32. The Labute approximate surface area is 162 Å². The smallest absolute Gasteiger partial charge is 0.220 e. The highest BCUT2D eigenvalue weighted by Gasteiger charge is 2.62. The molecule has 4 heterocycles. The van der Waals surface area contributed by atoms with Crippen LogP contribution in [0.3, 0.4) is 0 Å². The van der Waals surface area contributed by atoms with Gasteiger partial charge in [-0.1, -0.05) is 12.2 Å². The van der Waals surface area contributed by atoms with E-state index in [1.165, 1.54) is 12.0 Å². The average molecular weight is 370 g/mol. The molecule has 3 aliphatic heterocycles. The Bertz CT molecular complexity index is 677. The van der Waals surface area contributed by atoms with Gasteiger partial charge in [0.05, 0.1) is 11.7 Å². The van der Waals surface area contributed by atoms with Crippen molar-refractivity contribution in [3.05, 3.63) is 42.2 Å². The average Bonchev–Trinajstić information content (AvgIpc) is 3.32. The minimum absolute atomic E-state index is 0.0268. The first kappa shape index (κ1) is 18.6. The van der Waals surface area contributed by atoms with E-state index in [1.54, 1.807) is 0 Å². The molecular formula is C22H31N3O2. The third-order valence-electron chi connectivity index (χ3n) is 6.56. The molecule has 27 heavy (non-hydrogen) atoms. The maximum absolute atomic E-state index is 12.2. The maximum atomic E-state index is 12.2. The lowest BCUT2D eigenvalue weighted by Gasteiger charge is -2.29. The van der Waals surface area contributed by atoms with Gasteiger partial charge in [-0.2, -0.15) is 0 Å². The number of hydrogen-bond donors (Lipinski definition) is 1. The zero-order valence-corrected chi connectivity index (χ0v) is 16.3. The van der Waals surface area contributed by atoms with E-state index in [0.29, 0.717) is 24.4 Å². The van der Waals surface area contributed by atoms with Crippen molar-refractivity contribution in [3.63, 3.8) is 0 Å². The lowest BCUT2D eigenvalue weighted by molar-refractivity contribution is -0.121. The van der Waals surface area contributed by atoms with E-state index in [9.17, 15) is 4.79 Å². The molecule has 1 aromatic heterocycles. The van der Waals surface area contributed by atoms with E-state index in [-0.39, 0.29) is 11.5 Å². The van der Waals surface area contributed by atoms with Gasteiger partial charge in [-0.15, -0.1) is 0 Å². The fourth-order valence-corrected chi connectivity index (χ4v) is 5.29. The molecule has 3 aliphatic rings. The van der Waals surface area contributed by atoms with Gasteiger partial charge in [0.2, 0.25) is 5.91 Å². The fraction of sp³-hybridized carbons (Fsp3) is 0.636. The highest BCUT2D eigenvalue weighted by Crippen LogP contribution is 2.54. The van der Waals surface area contributed by atoms with Gasteiger partial charge in [0.15, 0.2) is 0 Å². The van der Waals surface area contributed by atoms with Crippen LogP contribution in [-0.2, 0) is 16.1 Å². The number of aromatic nitrogens is 1. The van der Waals surface area contributed by atoms with E-state index in [0.717, 1.165) is 45.4 Å². The molecule has 1 aromatic rings. The van der Waals surface area contributed by atoms with Gasteiger partial charge in [-0.3, -0.25) is 14.7 Å². The molecule has 5 heteroatoms. The molecule has 146 valence electrons. The largest absolute Gasteiger partial charge is 0.370 e. The number of likely N-dealkylation sites (tertiary alicyclic amines) is 1. The minimum Gasteiger partial charge on any atom is -0.370 e. The van der Waals surface area contributed by atoms with E-state index in [2.05, 4.69) is 33.4 Å². The number of carbonyl (C=O) groups is 1. The predicted octanol–water partition coefficient (Wildman–Crippen LogP) is 2.92. The standard InChI is InChI=1S/C22H31N3O2/c1-2-3-4-5-6-21(26)24-13-18-19-15-25(14-17-8-11-23-12-9-17)16-22(19)10-7-20(18)27-22/h2-3,8-9,11-12,18-20H,4-7,10,13-16H2,1H3,(H,24,26)/t18-,19+,20+,22+/m0/s1. The summed E-state index contributed by atoms with van der Waals surface area (Å²) in [5.41, 5.74) is 1.33. The van der Waals surface area contributed by atoms with Crippen molar-refractivity contribution in [3.8, 4) is 0 Å². The zero-order chi connectivity index (χ0) is 18.7. The summed E-state index contributed by atoms with van der Waals surface area (Å²) in [4.78, 5) is 18.8. The number of nitrogens with zero attached hydrogens (tertiary/aromatic N) is 2. The van der Waals surface area contributed by atoms with Crippen LogP contribution in [0.5, 0.6) is 0 Å². The lowest BCUT2D eigenvalue weighted by atomic mass is 9.73. The molecule has 1 N–H and O–H groups in total. The molecule has 3 fully saturated rings. The van der Waals surface area contributed by atoms with E-state index >= 15 is 0 Å². The molecule has 4 rings (SSSR count). The van der Waals surface area contributed by atoms with Crippen LogP contribution in [0.25, 0.3) is 0 Å². The van der Waals surface area contributed by atoms with Crippen molar-refractivity contribution < 1.29 is 9.53 Å². The third-order valence-corrected chi connectivity index (χ3v) is 6.56. The van der Waals surface area contributed by atoms with Gasteiger partial charge in [-0.05, 0) is 50.3 Å². The molecular weight excluding hydrogens is 338 g/mol. The van der Waals surface area contributed by atoms with Crippen molar-refractivity contribution >= 4 is 5.91 Å². The van der Waals surface area contributed by atoms with Crippen LogP contribution < -0.4 is 5.32 Å². The Hall–Kier alpha value is -1.72. The number of unbranched alkanes of at least 4 members (excludes halogenated alkanes) is 1. The fourth-order valence-electron chi connectivity index (χ4n) is 5.29. The van der Waals surface area contributed by atoms with E-state index in [1.807, 2.05) is 25.4 Å². The monoisotopic (exact) mass is 369 g/mol. The second-order valence-electron chi connectivity index (χ2n) is 8.32. The molecule has 0 saturated carbocycles. The molecule has 0 unspecified atom stereocenters. The highest BCUT2D eigenvalue weighted by atomic mass is 16.5. The molecule has 3 saturated heterocycles. The van der Waals surface area contributed by atoms with Gasteiger partial charge >= 0.3 is 0 Å². The van der Waals surface area contributed by atoms with Crippen LogP contribution in [0.4, 0.5) is 0 Å². The Morgan fingerprint density at radius 1 is 1.44 bits per heavy atom. The summed E-state index contributed by atoms with van der Waals surface area (Å²) < 4.78 is 6.50. The van der Waals surface area contributed by atoms with Gasteiger partial charge in [-0.25, -0.2) is 0 Å². The van der Waals surface area contributed by atoms with Crippen LogP contribution >= 0.6 is 0 Å². The Kier molecular flexibility index (Phi) is 5.60. The Balaban J connectivity index is 1.31. The van der Waals surface area contributed by atoms with Gasteiger partial charge in [0, 0.05) is 56.8 Å². The number of amides is 1. The third kappa shape index (κ3) is 3.94. The quantitative estimate of drug-likeness (QED) is 0.565. The zero-order valence-electron chi connectivity index (χ0n) is 16.3. The van der Waals surface area contributed by atoms with Crippen LogP contribution in [0.1, 0.15) is 44.6 Å². The van der Waals surface area contributed by atoms with E-state index in [4.69, 9.17) is 4.74 Å². The predicted molar refractivity (Wildman–Crippen MR) is 105 cm³/mol. The molecule has 0 aromatic carbocycles. The molecule has 0 radical (unpaired) electrons. The highest BCUT2D eigenvalue weighted by molar-refractivity contribution is 5.75.